The second-order valence-electron chi connectivity index (χ2n) is 8.70. The van der Waals surface area contributed by atoms with Gasteiger partial charge in [0.25, 0.3) is 5.91 Å². The fourth-order valence-corrected chi connectivity index (χ4v) is 3.61. The van der Waals surface area contributed by atoms with Crippen LogP contribution in [0.2, 0.25) is 0 Å². The molecule has 0 saturated heterocycles. The summed E-state index contributed by atoms with van der Waals surface area (Å²) >= 11 is 0. The summed E-state index contributed by atoms with van der Waals surface area (Å²) in [7, 11) is 0. The average Bonchev–Trinajstić information content (AvgIpc) is 3.74. The summed E-state index contributed by atoms with van der Waals surface area (Å²) < 4.78 is 31.8. The Morgan fingerprint density at radius 2 is 1.95 bits per heavy atom. The molecule has 1 fully saturated rings. The quantitative estimate of drug-likeness (QED) is 0.294. The van der Waals surface area contributed by atoms with Gasteiger partial charge in [-0.3, -0.25) is 9.78 Å². The minimum Gasteiger partial charge on any atom is -0.455 e. The number of ether oxygens (including phenoxy) is 1. The minimum atomic E-state index is -1.74. The number of nitrogens with one attached hydrogen (secondary N) is 2. The Balaban J connectivity index is 1.31. The van der Waals surface area contributed by atoms with E-state index in [4.69, 9.17) is 4.74 Å². The molecule has 2 N–H and O–H groups in total. The second-order valence-corrected chi connectivity index (χ2v) is 8.70. The maximum Gasteiger partial charge on any atom is 0.300 e. The predicted molar refractivity (Wildman–Crippen MR) is 137 cm³/mol. The number of pyridine rings is 1. The van der Waals surface area contributed by atoms with Gasteiger partial charge in [0, 0.05) is 22.7 Å². The molecule has 186 valence electrons. The molecule has 7 nitrogen and oxygen atoms in total. The van der Waals surface area contributed by atoms with Gasteiger partial charge in [-0.15, -0.1) is 0 Å². The van der Waals surface area contributed by atoms with Gasteiger partial charge in [-0.2, -0.15) is 0 Å². The number of nitrogens with zero attached hydrogens (tertiary/aromatic N) is 3. The third-order valence-electron chi connectivity index (χ3n) is 5.74. The molecule has 0 radical (unpaired) electrons. The monoisotopic (exact) mass is 499 g/mol. The van der Waals surface area contributed by atoms with Gasteiger partial charge in [-0.05, 0) is 79.8 Å². The highest BCUT2D eigenvalue weighted by Gasteiger charge is 2.18. The van der Waals surface area contributed by atoms with Gasteiger partial charge in [0.15, 0.2) is 6.17 Å². The number of anilines is 3. The number of amides is 1. The lowest BCUT2D eigenvalue weighted by molar-refractivity contribution is -0.111. The van der Waals surface area contributed by atoms with Crippen LogP contribution in [-0.4, -0.2) is 27.5 Å². The second kappa shape index (κ2) is 10.6. The summed E-state index contributed by atoms with van der Waals surface area (Å²) in [4.78, 5) is 24.8. The van der Waals surface area contributed by atoms with Gasteiger partial charge >= 0.3 is 0 Å². The molecule has 0 aliphatic heterocycles. The molecule has 1 aliphatic carbocycles. The van der Waals surface area contributed by atoms with Crippen molar-refractivity contribution in [1.82, 2.24) is 15.0 Å². The summed E-state index contributed by atoms with van der Waals surface area (Å²) in [5.74, 6) is 7.17. The van der Waals surface area contributed by atoms with Gasteiger partial charge in [0.1, 0.15) is 30.3 Å². The van der Waals surface area contributed by atoms with Crippen molar-refractivity contribution >= 4 is 34.0 Å². The number of halogens is 2. The van der Waals surface area contributed by atoms with Crippen LogP contribution < -0.4 is 15.4 Å². The van der Waals surface area contributed by atoms with E-state index in [9.17, 15) is 13.6 Å². The van der Waals surface area contributed by atoms with Crippen molar-refractivity contribution < 1.29 is 18.3 Å². The molecule has 2 aromatic heterocycles. The first-order chi connectivity index (χ1) is 18.0. The fraction of sp³-hybridized carbons (Fsp3) is 0.214. The van der Waals surface area contributed by atoms with Crippen LogP contribution >= 0.6 is 0 Å². The van der Waals surface area contributed by atoms with Gasteiger partial charge in [0.2, 0.25) is 0 Å². The number of hydrogen-bond acceptors (Lipinski definition) is 6. The summed E-state index contributed by atoms with van der Waals surface area (Å²) in [6.07, 6.45) is 3.21. The first-order valence-corrected chi connectivity index (χ1v) is 11.8. The summed E-state index contributed by atoms with van der Waals surface area (Å²) in [6.45, 7) is 0.769. The summed E-state index contributed by atoms with van der Waals surface area (Å²) in [5.41, 5.74) is 2.95. The maximum atomic E-state index is 13.4. The topological polar surface area (TPSA) is 89.0 Å². The van der Waals surface area contributed by atoms with E-state index in [1.54, 1.807) is 24.3 Å². The van der Waals surface area contributed by atoms with Crippen molar-refractivity contribution in [2.24, 2.45) is 5.92 Å². The van der Waals surface area contributed by atoms with Gasteiger partial charge < -0.3 is 15.4 Å². The smallest absolute Gasteiger partial charge is 0.300 e. The molecule has 0 spiro atoms. The largest absolute Gasteiger partial charge is 0.455 e. The molecule has 5 rings (SSSR count). The third kappa shape index (κ3) is 5.98. The molecule has 2 heterocycles. The lowest BCUT2D eigenvalue weighted by Crippen LogP contribution is -2.08. The molecule has 37 heavy (non-hydrogen) atoms. The van der Waals surface area contributed by atoms with Crippen molar-refractivity contribution in [2.45, 2.75) is 25.9 Å². The maximum absolute atomic E-state index is 13.4. The van der Waals surface area contributed by atoms with E-state index in [0.29, 0.717) is 28.9 Å². The summed E-state index contributed by atoms with van der Waals surface area (Å²) in [5, 5.41) is 6.84. The first-order valence-electron chi connectivity index (χ1n) is 11.8. The lowest BCUT2D eigenvalue weighted by atomic mass is 10.1. The molecule has 0 bridgehead atoms. The Labute approximate surface area is 212 Å². The Bertz CT molecular complexity index is 1510. The Morgan fingerprint density at radius 1 is 1.11 bits per heavy atom. The van der Waals surface area contributed by atoms with Crippen LogP contribution in [-0.2, 0) is 4.79 Å². The number of alkyl halides is 2. The average molecular weight is 500 g/mol. The third-order valence-corrected chi connectivity index (χ3v) is 5.74. The van der Waals surface area contributed by atoms with Crippen LogP contribution in [0, 0.1) is 24.7 Å². The minimum absolute atomic E-state index is 0.0251. The number of aryl methyl sites for hydroxylation is 1. The first kappa shape index (κ1) is 24.1. The van der Waals surface area contributed by atoms with Crippen LogP contribution in [0.4, 0.5) is 26.0 Å². The number of rotatable bonds is 7. The number of aromatic nitrogens is 3. The summed E-state index contributed by atoms with van der Waals surface area (Å²) in [6, 6.07) is 13.9. The van der Waals surface area contributed by atoms with E-state index in [1.807, 2.05) is 25.1 Å². The van der Waals surface area contributed by atoms with Crippen molar-refractivity contribution in [3.8, 4) is 23.3 Å². The Kier molecular flexibility index (Phi) is 6.90. The number of carbonyl (C=O) groups excluding carboxylic acids is 1. The van der Waals surface area contributed by atoms with Crippen molar-refractivity contribution in [1.29, 1.82) is 0 Å². The highest BCUT2D eigenvalue weighted by Crippen LogP contribution is 2.31. The molecule has 1 atom stereocenters. The van der Waals surface area contributed by atoms with E-state index in [-0.39, 0.29) is 11.6 Å². The molecular weight excluding hydrogens is 476 g/mol. The van der Waals surface area contributed by atoms with Crippen LogP contribution in [0.15, 0.2) is 61.1 Å². The van der Waals surface area contributed by atoms with Crippen LogP contribution in [0.3, 0.4) is 0 Å². The zero-order chi connectivity index (χ0) is 25.8. The van der Waals surface area contributed by atoms with Crippen molar-refractivity contribution in [2.75, 3.05) is 17.3 Å². The fourth-order valence-electron chi connectivity index (χ4n) is 3.61. The zero-order valence-electron chi connectivity index (χ0n) is 20.0. The molecule has 4 aromatic rings. The van der Waals surface area contributed by atoms with Crippen LogP contribution in [0.5, 0.6) is 11.5 Å². The van der Waals surface area contributed by atoms with E-state index in [0.717, 1.165) is 35.0 Å². The molecular formula is C28H23F2N5O2. The predicted octanol–water partition coefficient (Wildman–Crippen LogP) is 6.20. The number of fused-ring (bicyclic) bond motifs is 1. The molecule has 1 aliphatic rings. The van der Waals surface area contributed by atoms with Gasteiger partial charge in [-0.25, -0.2) is 18.7 Å². The van der Waals surface area contributed by atoms with Crippen LogP contribution in [0.1, 0.15) is 30.3 Å². The van der Waals surface area contributed by atoms with E-state index >= 15 is 0 Å². The molecule has 1 amide bonds. The highest BCUT2D eigenvalue weighted by molar-refractivity contribution is 6.05. The van der Waals surface area contributed by atoms with Crippen molar-refractivity contribution in [3.63, 3.8) is 0 Å². The number of hydrogen-bond donors (Lipinski definition) is 2. The van der Waals surface area contributed by atoms with Gasteiger partial charge in [-0.1, -0.05) is 5.92 Å². The normalized spacial score (nSPS) is 13.4. The number of carbonyl (C=O) groups is 1. The van der Waals surface area contributed by atoms with Crippen LogP contribution in [0.25, 0.3) is 10.9 Å². The van der Waals surface area contributed by atoms with Crippen molar-refractivity contribution in [3.05, 3.63) is 72.3 Å². The van der Waals surface area contributed by atoms with E-state index in [1.165, 1.54) is 18.6 Å². The van der Waals surface area contributed by atoms with Gasteiger partial charge in [0.05, 0.1) is 17.4 Å². The van der Waals surface area contributed by atoms with E-state index in [2.05, 4.69) is 37.4 Å². The molecule has 9 heteroatoms. The number of benzene rings is 2. The Hall–Kier alpha value is -4.58. The molecule has 2 aromatic carbocycles. The lowest BCUT2D eigenvalue weighted by Gasteiger charge is -2.13. The molecule has 1 saturated carbocycles. The SMILES string of the molecule is Cc1cc(Nc2ncnc3ccc(NC(=O)C#CC4CC4)cc23)ccc1Oc1ccc([C@@H](F)CF)nc1. The van der Waals surface area contributed by atoms with E-state index < -0.39 is 12.8 Å². The zero-order valence-corrected chi connectivity index (χ0v) is 20.0. The Morgan fingerprint density at radius 3 is 2.68 bits per heavy atom. The molecule has 0 unspecified atom stereocenters. The highest BCUT2D eigenvalue weighted by atomic mass is 19.2. The standard InChI is InChI=1S/C28H23F2N5O2/c1-17-12-19(6-10-26(17)37-21-7-9-25(31-15-21)23(30)14-29)35-28-22-13-20(5-8-24(22)32-16-33-28)34-27(36)11-4-18-2-3-18/h5-10,12-13,15-16,18,23H,2-3,14H2,1H3,(H,34,36)(H,32,33,35)/t23-/m0/s1.